The number of pyridine rings is 1. The molecule has 3 rings (SSSR count). The molecule has 1 aliphatic rings. The van der Waals surface area contributed by atoms with E-state index < -0.39 is 29.0 Å². The van der Waals surface area contributed by atoms with Gasteiger partial charge in [-0.2, -0.15) is 0 Å². The normalized spacial score (nSPS) is 14.5. The van der Waals surface area contributed by atoms with Crippen LogP contribution in [0.15, 0.2) is 30.5 Å². The number of halogens is 3. The summed E-state index contributed by atoms with van der Waals surface area (Å²) in [4.78, 5) is 18.7. The lowest BCUT2D eigenvalue weighted by Gasteiger charge is -2.29. The number of nitrogens with one attached hydrogen (secondary N) is 1. The number of anilines is 2. The highest BCUT2D eigenvalue weighted by Crippen LogP contribution is 2.24. The summed E-state index contributed by atoms with van der Waals surface area (Å²) < 4.78 is 40.0. The topological polar surface area (TPSA) is 45.2 Å². The van der Waals surface area contributed by atoms with Gasteiger partial charge in [0.15, 0.2) is 17.5 Å². The first kappa shape index (κ1) is 16.3. The molecule has 4 nitrogen and oxygen atoms in total. The van der Waals surface area contributed by atoms with Crippen LogP contribution < -0.4 is 10.2 Å². The van der Waals surface area contributed by atoms with Gasteiger partial charge in [0.05, 0.1) is 11.3 Å². The molecule has 1 N–H and O–H groups in total. The number of amides is 1. The van der Waals surface area contributed by atoms with Crippen LogP contribution in [0.5, 0.6) is 0 Å². The number of piperidine rings is 1. The highest BCUT2D eigenvalue weighted by atomic mass is 19.2. The predicted octanol–water partition coefficient (Wildman–Crippen LogP) is 3.74. The van der Waals surface area contributed by atoms with Crippen LogP contribution in [-0.4, -0.2) is 24.0 Å². The largest absolute Gasteiger partial charge is 0.356 e. The van der Waals surface area contributed by atoms with Crippen LogP contribution in [0.3, 0.4) is 0 Å². The van der Waals surface area contributed by atoms with Gasteiger partial charge >= 0.3 is 0 Å². The van der Waals surface area contributed by atoms with Gasteiger partial charge in [-0.05, 0) is 43.5 Å². The first-order chi connectivity index (χ1) is 11.6. The van der Waals surface area contributed by atoms with Crippen molar-refractivity contribution in [1.29, 1.82) is 0 Å². The second kappa shape index (κ2) is 6.90. The molecule has 7 heteroatoms. The van der Waals surface area contributed by atoms with Crippen LogP contribution >= 0.6 is 0 Å². The number of hydrogen-bond donors (Lipinski definition) is 1. The molecule has 0 aliphatic carbocycles. The standard InChI is InChI=1S/C17H16F3N3O/c18-12-6-7-13(15(20)14(12)19)22-17(24)11-5-4-8-21-16(11)23-9-2-1-3-10-23/h4-8H,1-3,9-10H2,(H,22,24). The molecule has 0 saturated carbocycles. The zero-order valence-corrected chi connectivity index (χ0v) is 12.9. The first-order valence-electron chi connectivity index (χ1n) is 7.72. The third kappa shape index (κ3) is 3.20. The highest BCUT2D eigenvalue weighted by Gasteiger charge is 2.21. The Morgan fingerprint density at radius 1 is 1.04 bits per heavy atom. The molecule has 0 unspecified atom stereocenters. The summed E-state index contributed by atoms with van der Waals surface area (Å²) >= 11 is 0. The van der Waals surface area contributed by atoms with Gasteiger partial charge < -0.3 is 10.2 Å². The van der Waals surface area contributed by atoms with Crippen molar-refractivity contribution in [2.45, 2.75) is 19.3 Å². The lowest BCUT2D eigenvalue weighted by Crippen LogP contribution is -2.32. The van der Waals surface area contributed by atoms with Crippen molar-refractivity contribution in [2.24, 2.45) is 0 Å². The third-order valence-corrected chi connectivity index (χ3v) is 3.97. The summed E-state index contributed by atoms with van der Waals surface area (Å²) in [6.07, 6.45) is 4.73. The maximum atomic E-state index is 13.7. The zero-order valence-electron chi connectivity index (χ0n) is 12.9. The van der Waals surface area contributed by atoms with Gasteiger partial charge in [0.2, 0.25) is 0 Å². The number of carbonyl (C=O) groups is 1. The minimum Gasteiger partial charge on any atom is -0.356 e. The molecule has 2 aromatic rings. The molecule has 1 aromatic carbocycles. The summed E-state index contributed by atoms with van der Waals surface area (Å²) in [5, 5.41) is 2.29. The van der Waals surface area contributed by atoms with E-state index in [1.54, 1.807) is 18.3 Å². The monoisotopic (exact) mass is 335 g/mol. The molecule has 1 amide bonds. The average Bonchev–Trinajstić information content (AvgIpc) is 2.63. The summed E-state index contributed by atoms with van der Waals surface area (Å²) in [5.74, 6) is -4.45. The lowest BCUT2D eigenvalue weighted by atomic mass is 10.1. The van der Waals surface area contributed by atoms with Gasteiger partial charge in [0.25, 0.3) is 5.91 Å². The van der Waals surface area contributed by atoms with E-state index in [1.807, 2.05) is 4.90 Å². The molecule has 0 atom stereocenters. The van der Waals surface area contributed by atoms with Crippen molar-refractivity contribution in [1.82, 2.24) is 4.98 Å². The van der Waals surface area contributed by atoms with Gasteiger partial charge in [-0.1, -0.05) is 0 Å². The van der Waals surface area contributed by atoms with Crippen LogP contribution in [0, 0.1) is 17.5 Å². The summed E-state index contributed by atoms with van der Waals surface area (Å²) in [5.41, 5.74) is -0.143. The highest BCUT2D eigenvalue weighted by molar-refractivity contribution is 6.07. The van der Waals surface area contributed by atoms with Crippen LogP contribution in [0.1, 0.15) is 29.6 Å². The van der Waals surface area contributed by atoms with E-state index in [1.165, 1.54) is 0 Å². The van der Waals surface area contributed by atoms with Gasteiger partial charge in [-0.25, -0.2) is 18.2 Å². The molecule has 126 valence electrons. The van der Waals surface area contributed by atoms with Crippen LogP contribution in [-0.2, 0) is 0 Å². The second-order valence-electron chi connectivity index (χ2n) is 5.60. The minimum absolute atomic E-state index is 0.267. The van der Waals surface area contributed by atoms with E-state index in [0.717, 1.165) is 44.5 Å². The Bertz CT molecular complexity index is 761. The van der Waals surface area contributed by atoms with Crippen molar-refractivity contribution in [3.63, 3.8) is 0 Å². The molecule has 1 aromatic heterocycles. The Labute approximate surface area is 137 Å². The van der Waals surface area contributed by atoms with Crippen LogP contribution in [0.25, 0.3) is 0 Å². The number of carbonyl (C=O) groups excluding carboxylic acids is 1. The smallest absolute Gasteiger partial charge is 0.259 e. The SMILES string of the molecule is O=C(Nc1ccc(F)c(F)c1F)c1cccnc1N1CCCCC1. The lowest BCUT2D eigenvalue weighted by molar-refractivity contribution is 0.102. The second-order valence-corrected chi connectivity index (χ2v) is 5.60. The molecule has 1 aliphatic heterocycles. The minimum atomic E-state index is -1.62. The van der Waals surface area contributed by atoms with Crippen molar-refractivity contribution in [3.8, 4) is 0 Å². The van der Waals surface area contributed by atoms with E-state index in [9.17, 15) is 18.0 Å². The van der Waals surface area contributed by atoms with E-state index in [2.05, 4.69) is 10.3 Å². The average molecular weight is 335 g/mol. The summed E-state index contributed by atoms with van der Waals surface area (Å²) in [6.45, 7) is 1.58. The van der Waals surface area contributed by atoms with Crippen LogP contribution in [0.2, 0.25) is 0 Å². The van der Waals surface area contributed by atoms with Crippen LogP contribution in [0.4, 0.5) is 24.7 Å². The van der Waals surface area contributed by atoms with Crippen molar-refractivity contribution in [3.05, 3.63) is 53.5 Å². The Balaban J connectivity index is 1.87. The Hall–Kier alpha value is -2.57. The Morgan fingerprint density at radius 3 is 2.54 bits per heavy atom. The number of aromatic nitrogens is 1. The third-order valence-electron chi connectivity index (χ3n) is 3.97. The Morgan fingerprint density at radius 2 is 1.79 bits per heavy atom. The quantitative estimate of drug-likeness (QED) is 0.869. The zero-order chi connectivity index (χ0) is 17.1. The van der Waals surface area contributed by atoms with E-state index in [4.69, 9.17) is 0 Å². The molecular weight excluding hydrogens is 319 g/mol. The molecular formula is C17H16F3N3O. The maximum absolute atomic E-state index is 13.7. The number of hydrogen-bond acceptors (Lipinski definition) is 3. The predicted molar refractivity (Wildman–Crippen MR) is 84.6 cm³/mol. The molecule has 0 bridgehead atoms. The maximum Gasteiger partial charge on any atom is 0.259 e. The van der Waals surface area contributed by atoms with E-state index in [-0.39, 0.29) is 5.56 Å². The number of benzene rings is 1. The molecule has 1 saturated heterocycles. The summed E-state index contributed by atoms with van der Waals surface area (Å²) in [6, 6.07) is 4.93. The first-order valence-corrected chi connectivity index (χ1v) is 7.72. The number of nitrogens with zero attached hydrogens (tertiary/aromatic N) is 2. The fourth-order valence-electron chi connectivity index (χ4n) is 2.74. The molecule has 1 fully saturated rings. The molecule has 2 heterocycles. The van der Waals surface area contributed by atoms with E-state index >= 15 is 0 Å². The van der Waals surface area contributed by atoms with Crippen molar-refractivity contribution >= 4 is 17.4 Å². The summed E-state index contributed by atoms with van der Waals surface area (Å²) in [7, 11) is 0. The van der Waals surface area contributed by atoms with Gasteiger partial charge in [0, 0.05) is 19.3 Å². The molecule has 24 heavy (non-hydrogen) atoms. The molecule has 0 spiro atoms. The fourth-order valence-corrected chi connectivity index (χ4v) is 2.74. The van der Waals surface area contributed by atoms with Gasteiger partial charge in [-0.15, -0.1) is 0 Å². The van der Waals surface area contributed by atoms with Crippen molar-refractivity contribution < 1.29 is 18.0 Å². The number of rotatable bonds is 3. The van der Waals surface area contributed by atoms with Gasteiger partial charge in [-0.3, -0.25) is 4.79 Å². The molecule has 0 radical (unpaired) electrons. The van der Waals surface area contributed by atoms with Gasteiger partial charge in [0.1, 0.15) is 5.82 Å². The van der Waals surface area contributed by atoms with Crippen molar-refractivity contribution in [2.75, 3.05) is 23.3 Å². The fraction of sp³-hybridized carbons (Fsp3) is 0.294. The van der Waals surface area contributed by atoms with E-state index in [0.29, 0.717) is 5.82 Å². The Kier molecular flexibility index (Phi) is 4.69.